The van der Waals surface area contributed by atoms with Gasteiger partial charge in [-0.3, -0.25) is 4.72 Å². The Labute approximate surface area is 117 Å². The molecule has 1 aromatic rings. The normalized spacial score (nSPS) is 11.7. The fraction of sp³-hybridized carbons (Fsp3) is 0.500. The zero-order valence-electron chi connectivity index (χ0n) is 11.6. The van der Waals surface area contributed by atoms with Crippen LogP contribution < -0.4 is 9.46 Å². The third-order valence-corrected chi connectivity index (χ3v) is 4.18. The maximum atomic E-state index is 13.5. The van der Waals surface area contributed by atoms with Crippen LogP contribution in [-0.2, 0) is 10.2 Å². The molecule has 0 spiro atoms. The summed E-state index contributed by atoms with van der Waals surface area (Å²) < 4.78 is 58.5. The van der Waals surface area contributed by atoms with Gasteiger partial charge in [0.2, 0.25) is 0 Å². The largest absolute Gasteiger partial charge is 0.491 e. The van der Waals surface area contributed by atoms with Crippen molar-refractivity contribution in [2.45, 2.75) is 19.8 Å². The predicted octanol–water partition coefficient (Wildman–Crippen LogP) is 2.36. The van der Waals surface area contributed by atoms with Crippen LogP contribution in [-0.4, -0.2) is 33.4 Å². The molecular formula is C12H18F2N2O3S. The van der Waals surface area contributed by atoms with Crippen molar-refractivity contribution in [1.29, 1.82) is 0 Å². The molecule has 0 aliphatic heterocycles. The highest BCUT2D eigenvalue weighted by atomic mass is 32.2. The molecule has 0 unspecified atom stereocenters. The number of nitrogens with zero attached hydrogens (tertiary/aromatic N) is 1. The molecule has 0 bridgehead atoms. The monoisotopic (exact) mass is 308 g/mol. The van der Waals surface area contributed by atoms with Gasteiger partial charge in [-0.1, -0.05) is 13.3 Å². The number of ether oxygens (including phenoxy) is 1. The van der Waals surface area contributed by atoms with Crippen molar-refractivity contribution in [2.24, 2.45) is 0 Å². The van der Waals surface area contributed by atoms with Gasteiger partial charge in [0.1, 0.15) is 0 Å². The summed E-state index contributed by atoms with van der Waals surface area (Å²) in [5, 5.41) is 0. The van der Waals surface area contributed by atoms with Crippen molar-refractivity contribution in [3.05, 3.63) is 23.8 Å². The first-order valence-electron chi connectivity index (χ1n) is 6.09. The van der Waals surface area contributed by atoms with Gasteiger partial charge in [0.05, 0.1) is 12.8 Å². The predicted molar refractivity (Wildman–Crippen MR) is 73.0 cm³/mol. The maximum Gasteiger partial charge on any atom is 0.301 e. The zero-order chi connectivity index (χ0) is 15.3. The molecule has 0 radical (unpaired) electrons. The lowest BCUT2D eigenvalue weighted by Gasteiger charge is -2.18. The highest BCUT2D eigenvalue weighted by molar-refractivity contribution is 7.90. The van der Waals surface area contributed by atoms with Gasteiger partial charge in [0.15, 0.2) is 17.4 Å². The van der Waals surface area contributed by atoms with E-state index in [2.05, 4.69) is 9.46 Å². The third kappa shape index (κ3) is 4.04. The first kappa shape index (κ1) is 16.6. The van der Waals surface area contributed by atoms with E-state index < -0.39 is 27.6 Å². The Kier molecular flexibility index (Phi) is 5.70. The third-order valence-electron chi connectivity index (χ3n) is 2.69. The summed E-state index contributed by atoms with van der Waals surface area (Å²) in [4.78, 5) is 0. The number of benzene rings is 1. The van der Waals surface area contributed by atoms with Crippen molar-refractivity contribution >= 4 is 15.9 Å². The van der Waals surface area contributed by atoms with E-state index in [0.29, 0.717) is 13.0 Å². The fourth-order valence-corrected chi connectivity index (χ4v) is 2.48. The van der Waals surface area contributed by atoms with Crippen molar-refractivity contribution < 1.29 is 21.9 Å². The van der Waals surface area contributed by atoms with E-state index in [1.54, 1.807) is 0 Å². The molecule has 114 valence electrons. The molecule has 0 saturated heterocycles. The fourth-order valence-electron chi connectivity index (χ4n) is 1.54. The van der Waals surface area contributed by atoms with E-state index in [0.717, 1.165) is 30.0 Å². The van der Waals surface area contributed by atoms with Crippen LogP contribution in [0.1, 0.15) is 19.8 Å². The molecule has 5 nitrogen and oxygen atoms in total. The van der Waals surface area contributed by atoms with Gasteiger partial charge >= 0.3 is 10.2 Å². The number of hydrogen-bond acceptors (Lipinski definition) is 3. The summed E-state index contributed by atoms with van der Waals surface area (Å²) in [6.07, 6.45) is 1.54. The molecule has 0 saturated carbocycles. The van der Waals surface area contributed by atoms with Crippen LogP contribution in [0.4, 0.5) is 14.5 Å². The minimum absolute atomic E-state index is 0.191. The molecule has 1 rings (SSSR count). The summed E-state index contributed by atoms with van der Waals surface area (Å²) in [5.41, 5.74) is -0.191. The lowest BCUT2D eigenvalue weighted by molar-refractivity contribution is 0.360. The Morgan fingerprint density at radius 2 is 1.85 bits per heavy atom. The van der Waals surface area contributed by atoms with E-state index in [-0.39, 0.29) is 5.69 Å². The summed E-state index contributed by atoms with van der Waals surface area (Å²) >= 11 is 0. The smallest absolute Gasteiger partial charge is 0.301 e. The molecule has 0 amide bonds. The van der Waals surface area contributed by atoms with Gasteiger partial charge < -0.3 is 4.74 Å². The van der Waals surface area contributed by atoms with E-state index in [9.17, 15) is 17.2 Å². The van der Waals surface area contributed by atoms with Gasteiger partial charge in [-0.25, -0.2) is 8.78 Å². The highest BCUT2D eigenvalue weighted by Crippen LogP contribution is 2.26. The number of anilines is 1. The SMILES string of the molecule is CCCCN(C)S(=O)(=O)Nc1cc(F)c(OC)c(F)c1. The topological polar surface area (TPSA) is 58.6 Å². The number of halogens is 2. The van der Waals surface area contributed by atoms with Gasteiger partial charge in [-0.2, -0.15) is 12.7 Å². The highest BCUT2D eigenvalue weighted by Gasteiger charge is 2.19. The maximum absolute atomic E-state index is 13.5. The summed E-state index contributed by atoms with van der Waals surface area (Å²) in [7, 11) is -1.30. The van der Waals surface area contributed by atoms with Gasteiger partial charge in [0, 0.05) is 25.7 Å². The second kappa shape index (κ2) is 6.85. The summed E-state index contributed by atoms with van der Waals surface area (Å²) in [5.74, 6) is -2.49. The molecule has 0 atom stereocenters. The zero-order valence-corrected chi connectivity index (χ0v) is 12.4. The molecule has 0 heterocycles. The Morgan fingerprint density at radius 3 is 2.30 bits per heavy atom. The average molecular weight is 308 g/mol. The Balaban J connectivity index is 2.93. The lowest BCUT2D eigenvalue weighted by Crippen LogP contribution is -2.33. The van der Waals surface area contributed by atoms with Crippen molar-refractivity contribution in [2.75, 3.05) is 25.4 Å². The molecule has 0 aromatic heterocycles. The Bertz CT molecular complexity index is 541. The van der Waals surface area contributed by atoms with Gasteiger partial charge in [0.25, 0.3) is 0 Å². The van der Waals surface area contributed by atoms with Crippen LogP contribution in [0.5, 0.6) is 5.75 Å². The second-order valence-corrected chi connectivity index (χ2v) is 6.03. The van der Waals surface area contributed by atoms with Crippen molar-refractivity contribution in [1.82, 2.24) is 4.31 Å². The first-order valence-corrected chi connectivity index (χ1v) is 7.53. The van der Waals surface area contributed by atoms with Gasteiger partial charge in [-0.15, -0.1) is 0 Å². The number of unbranched alkanes of at least 4 members (excludes halogenated alkanes) is 1. The van der Waals surface area contributed by atoms with Crippen LogP contribution in [0.3, 0.4) is 0 Å². The number of nitrogens with one attached hydrogen (secondary N) is 1. The summed E-state index contributed by atoms with van der Waals surface area (Å²) in [6, 6.07) is 1.74. The number of hydrogen-bond donors (Lipinski definition) is 1. The van der Waals surface area contributed by atoms with E-state index in [1.165, 1.54) is 7.05 Å². The molecule has 8 heteroatoms. The van der Waals surface area contributed by atoms with E-state index >= 15 is 0 Å². The van der Waals surface area contributed by atoms with Crippen LogP contribution in [0, 0.1) is 11.6 Å². The first-order chi connectivity index (χ1) is 9.31. The van der Waals surface area contributed by atoms with Crippen molar-refractivity contribution in [3.63, 3.8) is 0 Å². The molecule has 0 fully saturated rings. The molecule has 1 N–H and O–H groups in total. The lowest BCUT2D eigenvalue weighted by atomic mass is 10.3. The molecular weight excluding hydrogens is 290 g/mol. The number of rotatable bonds is 7. The van der Waals surface area contributed by atoms with Crippen LogP contribution >= 0.6 is 0 Å². The molecule has 20 heavy (non-hydrogen) atoms. The molecule has 0 aliphatic carbocycles. The number of methoxy groups -OCH3 is 1. The average Bonchev–Trinajstić information content (AvgIpc) is 2.34. The standard InChI is InChI=1S/C12H18F2N2O3S/c1-4-5-6-16(2)20(17,18)15-9-7-10(13)12(19-3)11(14)8-9/h7-8,15H,4-6H2,1-3H3. The minimum Gasteiger partial charge on any atom is -0.491 e. The summed E-state index contributed by atoms with van der Waals surface area (Å²) in [6.45, 7) is 2.26. The van der Waals surface area contributed by atoms with E-state index in [4.69, 9.17) is 0 Å². The molecule has 0 aliphatic rings. The van der Waals surface area contributed by atoms with Crippen LogP contribution in [0.2, 0.25) is 0 Å². The Morgan fingerprint density at radius 1 is 1.30 bits per heavy atom. The minimum atomic E-state index is -3.83. The van der Waals surface area contributed by atoms with Crippen molar-refractivity contribution in [3.8, 4) is 5.75 Å². The van der Waals surface area contributed by atoms with Crippen LogP contribution in [0.15, 0.2) is 12.1 Å². The second-order valence-electron chi connectivity index (χ2n) is 4.26. The Hall–Kier alpha value is -1.41. The van der Waals surface area contributed by atoms with E-state index in [1.807, 2.05) is 6.92 Å². The van der Waals surface area contributed by atoms with Gasteiger partial charge in [-0.05, 0) is 6.42 Å². The quantitative estimate of drug-likeness (QED) is 0.841. The van der Waals surface area contributed by atoms with Crippen LogP contribution in [0.25, 0.3) is 0 Å². The molecule has 1 aromatic carbocycles.